The molecule has 116 valence electrons. The van der Waals surface area contributed by atoms with Crippen molar-refractivity contribution in [1.82, 2.24) is 10.6 Å². The summed E-state index contributed by atoms with van der Waals surface area (Å²) in [5.74, 6) is 0.819. The summed E-state index contributed by atoms with van der Waals surface area (Å²) in [6.45, 7) is 4.87. The summed E-state index contributed by atoms with van der Waals surface area (Å²) < 4.78 is 5.58. The first kappa shape index (κ1) is 15.9. The molecule has 0 aliphatic rings. The third-order valence-corrected chi connectivity index (χ3v) is 3.29. The number of carbonyl (C=O) groups excluding carboxylic acids is 1. The maximum Gasteiger partial charge on any atom is 0.315 e. The molecule has 2 aromatic carbocycles. The molecular formula is C18H22N2O2. The minimum Gasteiger partial charge on any atom is -0.492 e. The highest BCUT2D eigenvalue weighted by Gasteiger charge is 2.08. The average Bonchev–Trinajstić information content (AvgIpc) is 2.52. The molecule has 0 saturated carbocycles. The highest BCUT2D eigenvalue weighted by molar-refractivity contribution is 5.74. The van der Waals surface area contributed by atoms with Crippen LogP contribution in [0.1, 0.15) is 24.1 Å². The zero-order valence-electron chi connectivity index (χ0n) is 13.0. The fraction of sp³-hybridized carbons (Fsp3) is 0.278. The van der Waals surface area contributed by atoms with E-state index < -0.39 is 0 Å². The fourth-order valence-corrected chi connectivity index (χ4v) is 2.11. The number of hydrogen-bond acceptors (Lipinski definition) is 2. The Hall–Kier alpha value is -2.49. The van der Waals surface area contributed by atoms with Gasteiger partial charge in [-0.3, -0.25) is 0 Å². The van der Waals surface area contributed by atoms with Crippen LogP contribution < -0.4 is 15.4 Å². The zero-order chi connectivity index (χ0) is 15.8. The van der Waals surface area contributed by atoms with Gasteiger partial charge in [-0.05, 0) is 37.1 Å². The SMILES string of the molecule is Cc1cccc(OCCNC(=O)N[C@@H](C)c2ccccc2)c1. The summed E-state index contributed by atoms with van der Waals surface area (Å²) in [7, 11) is 0. The van der Waals surface area contributed by atoms with Gasteiger partial charge in [-0.2, -0.15) is 0 Å². The molecule has 22 heavy (non-hydrogen) atoms. The number of amides is 2. The van der Waals surface area contributed by atoms with Crippen molar-refractivity contribution in [1.29, 1.82) is 0 Å². The third-order valence-electron chi connectivity index (χ3n) is 3.29. The summed E-state index contributed by atoms with van der Waals surface area (Å²) in [5, 5.41) is 5.69. The van der Waals surface area contributed by atoms with Crippen LogP contribution in [-0.2, 0) is 0 Å². The zero-order valence-corrected chi connectivity index (χ0v) is 13.0. The topological polar surface area (TPSA) is 50.4 Å². The molecule has 2 N–H and O–H groups in total. The van der Waals surface area contributed by atoms with Gasteiger partial charge < -0.3 is 15.4 Å². The lowest BCUT2D eigenvalue weighted by Gasteiger charge is -2.15. The first-order valence-corrected chi connectivity index (χ1v) is 7.44. The smallest absolute Gasteiger partial charge is 0.315 e. The first-order valence-electron chi connectivity index (χ1n) is 7.44. The van der Waals surface area contributed by atoms with E-state index in [9.17, 15) is 4.79 Å². The second-order valence-electron chi connectivity index (χ2n) is 5.20. The number of carbonyl (C=O) groups is 1. The van der Waals surface area contributed by atoms with Crippen LogP contribution in [0.5, 0.6) is 5.75 Å². The average molecular weight is 298 g/mol. The molecule has 4 heteroatoms. The van der Waals surface area contributed by atoms with Crippen LogP contribution >= 0.6 is 0 Å². The van der Waals surface area contributed by atoms with Gasteiger partial charge in [-0.25, -0.2) is 4.79 Å². The van der Waals surface area contributed by atoms with Gasteiger partial charge in [0.1, 0.15) is 12.4 Å². The lowest BCUT2D eigenvalue weighted by molar-refractivity contribution is 0.233. The summed E-state index contributed by atoms with van der Waals surface area (Å²) in [6, 6.07) is 17.5. The predicted octanol–water partition coefficient (Wildman–Crippen LogP) is 3.43. The Bertz CT molecular complexity index is 599. The van der Waals surface area contributed by atoms with Crippen molar-refractivity contribution in [2.45, 2.75) is 19.9 Å². The summed E-state index contributed by atoms with van der Waals surface area (Å²) >= 11 is 0. The molecule has 0 unspecified atom stereocenters. The number of nitrogens with one attached hydrogen (secondary N) is 2. The third kappa shape index (κ3) is 5.13. The Balaban J connectivity index is 1.68. The molecule has 0 radical (unpaired) electrons. The Kier molecular flexibility index (Phi) is 5.83. The maximum atomic E-state index is 11.8. The van der Waals surface area contributed by atoms with Crippen molar-refractivity contribution in [3.63, 3.8) is 0 Å². The van der Waals surface area contributed by atoms with Gasteiger partial charge in [0.2, 0.25) is 0 Å². The van der Waals surface area contributed by atoms with E-state index in [1.807, 2.05) is 68.4 Å². The van der Waals surface area contributed by atoms with Crippen LogP contribution in [0.15, 0.2) is 54.6 Å². The van der Waals surface area contributed by atoms with Crippen molar-refractivity contribution >= 4 is 6.03 Å². The Morgan fingerprint density at radius 1 is 1.14 bits per heavy atom. The van der Waals surface area contributed by atoms with Gasteiger partial charge in [0.05, 0.1) is 12.6 Å². The van der Waals surface area contributed by atoms with Gasteiger partial charge in [0.25, 0.3) is 0 Å². The number of urea groups is 1. The molecule has 0 saturated heterocycles. The van der Waals surface area contributed by atoms with Crippen LogP contribution in [0.2, 0.25) is 0 Å². The maximum absolute atomic E-state index is 11.8. The van der Waals surface area contributed by atoms with Crippen LogP contribution in [-0.4, -0.2) is 19.2 Å². The molecule has 0 bridgehead atoms. The minimum absolute atomic E-state index is 0.0288. The minimum atomic E-state index is -0.191. The standard InChI is InChI=1S/C18H22N2O2/c1-14-7-6-10-17(13-14)22-12-11-19-18(21)20-15(2)16-8-4-3-5-9-16/h3-10,13,15H,11-12H2,1-2H3,(H2,19,20,21)/t15-/m0/s1. The summed E-state index contributed by atoms with van der Waals surface area (Å²) in [5.41, 5.74) is 2.23. The van der Waals surface area contributed by atoms with Crippen LogP contribution in [0.25, 0.3) is 0 Å². The first-order chi connectivity index (χ1) is 10.6. The Morgan fingerprint density at radius 3 is 2.64 bits per heavy atom. The van der Waals surface area contributed by atoms with Gasteiger partial charge in [0.15, 0.2) is 0 Å². The van der Waals surface area contributed by atoms with Gasteiger partial charge in [-0.15, -0.1) is 0 Å². The van der Waals surface area contributed by atoms with Crippen molar-refractivity contribution in [2.75, 3.05) is 13.2 Å². The molecule has 0 aliphatic heterocycles. The largest absolute Gasteiger partial charge is 0.492 e. The van der Waals surface area contributed by atoms with Gasteiger partial charge in [0, 0.05) is 0 Å². The van der Waals surface area contributed by atoms with E-state index in [2.05, 4.69) is 10.6 Å². The normalized spacial score (nSPS) is 11.5. The monoisotopic (exact) mass is 298 g/mol. The van der Waals surface area contributed by atoms with Crippen LogP contribution in [0.3, 0.4) is 0 Å². The van der Waals surface area contributed by atoms with Crippen molar-refractivity contribution < 1.29 is 9.53 Å². The summed E-state index contributed by atoms with van der Waals surface area (Å²) in [4.78, 5) is 11.8. The molecule has 4 nitrogen and oxygen atoms in total. The molecule has 0 aliphatic carbocycles. The van der Waals surface area contributed by atoms with E-state index >= 15 is 0 Å². The van der Waals surface area contributed by atoms with Crippen molar-refractivity contribution in [3.8, 4) is 5.75 Å². The highest BCUT2D eigenvalue weighted by atomic mass is 16.5. The van der Waals surface area contributed by atoms with E-state index in [4.69, 9.17) is 4.74 Å². The van der Waals surface area contributed by atoms with E-state index in [0.717, 1.165) is 16.9 Å². The van der Waals surface area contributed by atoms with Crippen molar-refractivity contribution in [2.24, 2.45) is 0 Å². The number of ether oxygens (including phenoxy) is 1. The van der Waals surface area contributed by atoms with Gasteiger partial charge in [-0.1, -0.05) is 42.5 Å². The van der Waals surface area contributed by atoms with Crippen molar-refractivity contribution in [3.05, 3.63) is 65.7 Å². The lowest BCUT2D eigenvalue weighted by atomic mass is 10.1. The lowest BCUT2D eigenvalue weighted by Crippen LogP contribution is -2.38. The van der Waals surface area contributed by atoms with Crippen LogP contribution in [0.4, 0.5) is 4.79 Å². The number of rotatable bonds is 6. The number of benzene rings is 2. The molecule has 1 atom stereocenters. The molecule has 0 aromatic heterocycles. The highest BCUT2D eigenvalue weighted by Crippen LogP contribution is 2.12. The van der Waals surface area contributed by atoms with E-state index in [1.54, 1.807) is 0 Å². The quantitative estimate of drug-likeness (QED) is 0.803. The molecule has 0 fully saturated rings. The molecule has 2 rings (SSSR count). The van der Waals surface area contributed by atoms with Gasteiger partial charge >= 0.3 is 6.03 Å². The summed E-state index contributed by atoms with van der Waals surface area (Å²) in [6.07, 6.45) is 0. The van der Waals surface area contributed by atoms with E-state index in [0.29, 0.717) is 13.2 Å². The second-order valence-corrected chi connectivity index (χ2v) is 5.20. The Labute approximate surface area is 131 Å². The number of hydrogen-bond donors (Lipinski definition) is 2. The Morgan fingerprint density at radius 2 is 1.91 bits per heavy atom. The van der Waals surface area contributed by atoms with Crippen LogP contribution in [0, 0.1) is 6.92 Å². The fourth-order valence-electron chi connectivity index (χ4n) is 2.11. The van der Waals surface area contributed by atoms with E-state index in [1.165, 1.54) is 0 Å². The van der Waals surface area contributed by atoms with E-state index in [-0.39, 0.29) is 12.1 Å². The molecule has 0 heterocycles. The molecule has 2 amide bonds. The molecule has 2 aromatic rings. The second kappa shape index (κ2) is 8.08. The molecular weight excluding hydrogens is 276 g/mol. The molecule has 0 spiro atoms. The number of aryl methyl sites for hydroxylation is 1. The predicted molar refractivity (Wildman–Crippen MR) is 88.1 cm³/mol.